The van der Waals surface area contributed by atoms with Crippen LogP contribution in [0.3, 0.4) is 0 Å². The van der Waals surface area contributed by atoms with Gasteiger partial charge in [0.1, 0.15) is 0 Å². The van der Waals surface area contributed by atoms with E-state index in [1.165, 1.54) is 0 Å². The second-order valence-corrected chi connectivity index (χ2v) is 5.44. The van der Waals surface area contributed by atoms with Crippen molar-refractivity contribution in [2.24, 2.45) is 12.8 Å². The van der Waals surface area contributed by atoms with Crippen LogP contribution in [0.5, 0.6) is 0 Å². The molecule has 0 unspecified atom stereocenters. The summed E-state index contributed by atoms with van der Waals surface area (Å²) in [5.74, 6) is 0. The quantitative estimate of drug-likeness (QED) is 0.863. The lowest BCUT2D eigenvalue weighted by atomic mass is 10.1. The molecule has 5 nitrogen and oxygen atoms in total. The number of fused-ring (bicyclic) bond motifs is 1. The maximum absolute atomic E-state index is 6.10. The largest absolute Gasteiger partial charge is 0.367 e. The van der Waals surface area contributed by atoms with Crippen LogP contribution in [0.1, 0.15) is 18.7 Å². The number of rotatable bonds is 3. The van der Waals surface area contributed by atoms with Crippen molar-refractivity contribution in [3.8, 4) is 0 Å². The Labute approximate surface area is 113 Å². The Morgan fingerprint density at radius 1 is 1.53 bits per heavy atom. The van der Waals surface area contributed by atoms with Gasteiger partial charge in [0.05, 0.1) is 28.5 Å². The van der Waals surface area contributed by atoms with E-state index in [1.807, 2.05) is 26.2 Å². The molecule has 2 aromatic heterocycles. The van der Waals surface area contributed by atoms with Crippen LogP contribution in [0.2, 0.25) is 0 Å². The minimum absolute atomic E-state index is 0.0601. The van der Waals surface area contributed by atoms with Crippen LogP contribution in [-0.2, 0) is 7.05 Å². The van der Waals surface area contributed by atoms with Crippen LogP contribution in [0.25, 0.3) is 11.0 Å². The molecular weight excluding hydrogens is 238 g/mol. The van der Waals surface area contributed by atoms with Crippen LogP contribution in [-0.4, -0.2) is 35.7 Å². The van der Waals surface area contributed by atoms with E-state index in [0.29, 0.717) is 6.04 Å². The number of nitrogens with one attached hydrogen (secondary N) is 1. The highest BCUT2D eigenvalue weighted by Crippen LogP contribution is 2.29. The molecule has 1 atom stereocenters. The lowest BCUT2D eigenvalue weighted by Crippen LogP contribution is -2.56. The zero-order valence-electron chi connectivity index (χ0n) is 11.7. The number of aryl methyl sites for hydroxylation is 1. The topological polar surface area (TPSA) is 59.1 Å². The van der Waals surface area contributed by atoms with Crippen molar-refractivity contribution in [2.75, 3.05) is 25.0 Å². The predicted octanol–water partition coefficient (Wildman–Crippen LogP) is 1.00. The smallest absolute Gasteiger partial charge is 0.0886 e. The average Bonchev–Trinajstić information content (AvgIpc) is 2.67. The maximum atomic E-state index is 6.10. The van der Waals surface area contributed by atoms with E-state index in [9.17, 15) is 0 Å². The van der Waals surface area contributed by atoms with E-state index in [-0.39, 0.29) is 6.04 Å². The van der Waals surface area contributed by atoms with Gasteiger partial charge in [0.2, 0.25) is 0 Å². The highest BCUT2D eigenvalue weighted by Gasteiger charge is 2.25. The molecule has 0 amide bonds. The first-order valence-corrected chi connectivity index (χ1v) is 6.73. The van der Waals surface area contributed by atoms with Crippen LogP contribution in [0, 0.1) is 0 Å². The highest BCUT2D eigenvalue weighted by molar-refractivity contribution is 5.81. The van der Waals surface area contributed by atoms with E-state index < -0.39 is 0 Å². The summed E-state index contributed by atoms with van der Waals surface area (Å²) in [5.41, 5.74) is 10.4. The summed E-state index contributed by atoms with van der Waals surface area (Å²) < 4.78 is 2.10. The van der Waals surface area contributed by atoms with Crippen molar-refractivity contribution in [1.82, 2.24) is 14.9 Å². The van der Waals surface area contributed by atoms with Crippen LogP contribution in [0.15, 0.2) is 18.3 Å². The van der Waals surface area contributed by atoms with Gasteiger partial charge in [-0.25, -0.2) is 4.98 Å². The molecular formula is C14H21N5. The Bertz CT molecular complexity index is 597. The van der Waals surface area contributed by atoms with Gasteiger partial charge in [0, 0.05) is 39.4 Å². The lowest BCUT2D eigenvalue weighted by molar-refractivity contribution is 0.427. The van der Waals surface area contributed by atoms with Gasteiger partial charge >= 0.3 is 0 Å². The molecule has 0 spiro atoms. The summed E-state index contributed by atoms with van der Waals surface area (Å²) >= 11 is 0. The van der Waals surface area contributed by atoms with Gasteiger partial charge in [-0.2, -0.15) is 0 Å². The minimum atomic E-state index is -0.0601. The van der Waals surface area contributed by atoms with E-state index in [2.05, 4.69) is 27.9 Å². The van der Waals surface area contributed by atoms with Gasteiger partial charge in [-0.1, -0.05) is 0 Å². The zero-order chi connectivity index (χ0) is 13.6. The van der Waals surface area contributed by atoms with Crippen molar-refractivity contribution in [3.63, 3.8) is 0 Å². The molecule has 1 fully saturated rings. The Morgan fingerprint density at radius 2 is 2.26 bits per heavy atom. The molecule has 0 radical (unpaired) electrons. The molecule has 0 aliphatic carbocycles. The van der Waals surface area contributed by atoms with Crippen LogP contribution < -0.4 is 16.0 Å². The number of hydrogen-bond acceptors (Lipinski definition) is 4. The van der Waals surface area contributed by atoms with Gasteiger partial charge in [-0.05, 0) is 19.1 Å². The second-order valence-electron chi connectivity index (χ2n) is 5.44. The van der Waals surface area contributed by atoms with Crippen molar-refractivity contribution < 1.29 is 0 Å². The van der Waals surface area contributed by atoms with Gasteiger partial charge < -0.3 is 20.5 Å². The third-order valence-electron chi connectivity index (χ3n) is 3.99. The number of pyridine rings is 1. The van der Waals surface area contributed by atoms with Gasteiger partial charge in [0.25, 0.3) is 0 Å². The molecule has 5 heteroatoms. The van der Waals surface area contributed by atoms with Gasteiger partial charge in [-0.3, -0.25) is 0 Å². The second kappa shape index (κ2) is 4.51. The summed E-state index contributed by atoms with van der Waals surface area (Å²) in [7, 11) is 4.17. The molecule has 1 saturated heterocycles. The van der Waals surface area contributed by atoms with Crippen molar-refractivity contribution >= 4 is 16.7 Å². The minimum Gasteiger partial charge on any atom is -0.367 e. The number of nitrogens with zero attached hydrogens (tertiary/aromatic N) is 3. The molecule has 0 saturated carbocycles. The average molecular weight is 259 g/mol. The summed E-state index contributed by atoms with van der Waals surface area (Å²) in [5, 5.41) is 3.31. The van der Waals surface area contributed by atoms with Crippen molar-refractivity contribution in [3.05, 3.63) is 24.0 Å². The standard InChI is InChI=1S/C14H21N5/c1-9(15)14-13(19(3)10-7-16-8-10)6-12-11(17-14)4-5-18(12)2/h4-6,9-10,16H,7-8,15H2,1-3H3/t9-/m0/s1. The number of aromatic nitrogens is 2. The third-order valence-corrected chi connectivity index (χ3v) is 3.99. The van der Waals surface area contributed by atoms with Gasteiger partial charge in [0.15, 0.2) is 0 Å². The molecule has 3 N–H and O–H groups in total. The lowest BCUT2D eigenvalue weighted by Gasteiger charge is -2.38. The first kappa shape index (κ1) is 12.4. The van der Waals surface area contributed by atoms with E-state index in [4.69, 9.17) is 10.7 Å². The zero-order valence-corrected chi connectivity index (χ0v) is 11.7. The first-order chi connectivity index (χ1) is 9.08. The molecule has 0 aromatic carbocycles. The van der Waals surface area contributed by atoms with E-state index >= 15 is 0 Å². The monoisotopic (exact) mass is 259 g/mol. The van der Waals surface area contributed by atoms with E-state index in [1.54, 1.807) is 0 Å². The summed E-state index contributed by atoms with van der Waals surface area (Å²) in [4.78, 5) is 7.05. The molecule has 3 heterocycles. The predicted molar refractivity (Wildman–Crippen MR) is 78.4 cm³/mol. The molecule has 19 heavy (non-hydrogen) atoms. The molecule has 1 aliphatic rings. The first-order valence-electron chi connectivity index (χ1n) is 6.73. The molecule has 0 bridgehead atoms. The Morgan fingerprint density at radius 3 is 2.84 bits per heavy atom. The maximum Gasteiger partial charge on any atom is 0.0886 e. The summed E-state index contributed by atoms with van der Waals surface area (Å²) in [6.45, 7) is 4.05. The third kappa shape index (κ3) is 1.99. The molecule has 3 rings (SSSR count). The number of anilines is 1. The fourth-order valence-corrected chi connectivity index (χ4v) is 2.55. The SMILES string of the molecule is C[C@H](N)c1nc2ccn(C)c2cc1N(C)C1CNC1. The number of hydrogen-bond donors (Lipinski definition) is 2. The fourth-order valence-electron chi connectivity index (χ4n) is 2.55. The number of likely N-dealkylation sites (N-methyl/N-ethyl adjacent to an activating group) is 1. The normalized spacial score (nSPS) is 17.5. The summed E-state index contributed by atoms with van der Waals surface area (Å²) in [6, 6.07) is 4.72. The molecule has 102 valence electrons. The highest BCUT2D eigenvalue weighted by atomic mass is 15.2. The van der Waals surface area contributed by atoms with Crippen LogP contribution in [0.4, 0.5) is 5.69 Å². The molecule has 2 aromatic rings. The summed E-state index contributed by atoms with van der Waals surface area (Å²) in [6.07, 6.45) is 2.04. The Kier molecular flexibility index (Phi) is 2.95. The van der Waals surface area contributed by atoms with E-state index in [0.717, 1.165) is 35.5 Å². The Hall–Kier alpha value is -1.59. The number of nitrogens with two attached hydrogens (primary N) is 1. The van der Waals surface area contributed by atoms with Gasteiger partial charge in [-0.15, -0.1) is 0 Å². The fraction of sp³-hybridized carbons (Fsp3) is 0.500. The van der Waals surface area contributed by atoms with Crippen molar-refractivity contribution in [2.45, 2.75) is 19.0 Å². The molecule has 1 aliphatic heterocycles. The van der Waals surface area contributed by atoms with Crippen LogP contribution >= 0.6 is 0 Å². The van der Waals surface area contributed by atoms with Crippen molar-refractivity contribution in [1.29, 1.82) is 0 Å². The Balaban J connectivity index is 2.12.